The Hall–Kier alpha value is -0.900. The van der Waals surface area contributed by atoms with Crippen molar-refractivity contribution in [2.45, 2.75) is 26.3 Å². The number of likely N-dealkylation sites (N-methyl/N-ethyl adjacent to an activating group) is 1. The summed E-state index contributed by atoms with van der Waals surface area (Å²) in [5, 5.41) is 0. The number of hydrogen-bond donors (Lipinski definition) is 1. The highest BCUT2D eigenvalue weighted by molar-refractivity contribution is 5.25. The van der Waals surface area contributed by atoms with Gasteiger partial charge < -0.3 is 10.6 Å². The van der Waals surface area contributed by atoms with E-state index in [9.17, 15) is 0 Å². The Kier molecular flexibility index (Phi) is 5.37. The maximum Gasteiger partial charge on any atom is 0.0424 e. The molecular weight excluding hydrogens is 234 g/mol. The maximum atomic E-state index is 6.33. The monoisotopic (exact) mass is 261 g/mol. The van der Waals surface area contributed by atoms with E-state index in [2.05, 4.69) is 47.9 Å². The standard InChI is InChI=1S/C16H27N3/c1-3-14-5-7-15(8-6-14)16(17)13-19-11-9-18(4-2)10-12-19/h5-8,16H,3-4,9-13,17H2,1-2H3. The van der Waals surface area contributed by atoms with Gasteiger partial charge in [0.15, 0.2) is 0 Å². The summed E-state index contributed by atoms with van der Waals surface area (Å²) in [5.74, 6) is 0. The van der Waals surface area contributed by atoms with E-state index in [-0.39, 0.29) is 6.04 Å². The van der Waals surface area contributed by atoms with Crippen LogP contribution in [0.3, 0.4) is 0 Å². The fraction of sp³-hybridized carbons (Fsp3) is 0.625. The molecule has 1 aromatic carbocycles. The van der Waals surface area contributed by atoms with Crippen LogP contribution >= 0.6 is 0 Å². The summed E-state index contributed by atoms with van der Waals surface area (Å²) >= 11 is 0. The Bertz CT molecular complexity index is 366. The van der Waals surface area contributed by atoms with Crippen molar-refractivity contribution in [2.24, 2.45) is 5.73 Å². The van der Waals surface area contributed by atoms with Gasteiger partial charge in [0.05, 0.1) is 0 Å². The molecule has 1 atom stereocenters. The molecule has 0 bridgehead atoms. The summed E-state index contributed by atoms with van der Waals surface area (Å²) in [5.41, 5.74) is 8.97. The van der Waals surface area contributed by atoms with Crippen molar-refractivity contribution in [3.05, 3.63) is 35.4 Å². The van der Waals surface area contributed by atoms with Crippen molar-refractivity contribution in [1.29, 1.82) is 0 Å². The molecule has 1 fully saturated rings. The highest BCUT2D eigenvalue weighted by atomic mass is 15.3. The van der Waals surface area contributed by atoms with Crippen molar-refractivity contribution in [3.63, 3.8) is 0 Å². The van der Waals surface area contributed by atoms with Crippen molar-refractivity contribution in [2.75, 3.05) is 39.3 Å². The molecule has 2 rings (SSSR count). The topological polar surface area (TPSA) is 32.5 Å². The Morgan fingerprint density at radius 2 is 1.58 bits per heavy atom. The lowest BCUT2D eigenvalue weighted by Crippen LogP contribution is -2.48. The SMILES string of the molecule is CCc1ccc(C(N)CN2CCN(CC)CC2)cc1. The third kappa shape index (κ3) is 4.03. The van der Waals surface area contributed by atoms with E-state index in [0.29, 0.717) is 0 Å². The molecule has 0 spiro atoms. The molecule has 3 nitrogen and oxygen atoms in total. The number of hydrogen-bond acceptors (Lipinski definition) is 3. The lowest BCUT2D eigenvalue weighted by atomic mass is 10.0. The summed E-state index contributed by atoms with van der Waals surface area (Å²) in [6.07, 6.45) is 1.09. The summed E-state index contributed by atoms with van der Waals surface area (Å²) in [7, 11) is 0. The van der Waals surface area contributed by atoms with Crippen molar-refractivity contribution < 1.29 is 0 Å². The summed E-state index contributed by atoms with van der Waals surface area (Å²) in [4.78, 5) is 4.99. The highest BCUT2D eigenvalue weighted by Gasteiger charge is 2.18. The average Bonchev–Trinajstić information content (AvgIpc) is 2.48. The van der Waals surface area contributed by atoms with Crippen LogP contribution in [0.4, 0.5) is 0 Å². The van der Waals surface area contributed by atoms with Crippen LogP contribution in [-0.2, 0) is 6.42 Å². The quantitative estimate of drug-likeness (QED) is 0.878. The number of aryl methyl sites for hydroxylation is 1. The molecule has 1 aromatic rings. The molecule has 19 heavy (non-hydrogen) atoms. The Labute approximate surface area is 117 Å². The summed E-state index contributed by atoms with van der Waals surface area (Å²) in [6.45, 7) is 11.2. The highest BCUT2D eigenvalue weighted by Crippen LogP contribution is 2.14. The van der Waals surface area contributed by atoms with Gasteiger partial charge in [-0.3, -0.25) is 4.90 Å². The first-order valence-electron chi connectivity index (χ1n) is 7.52. The molecule has 1 heterocycles. The number of rotatable bonds is 5. The number of piperazine rings is 1. The minimum absolute atomic E-state index is 0.138. The Morgan fingerprint density at radius 3 is 2.11 bits per heavy atom. The van der Waals surface area contributed by atoms with Crippen LogP contribution < -0.4 is 5.73 Å². The van der Waals surface area contributed by atoms with Gasteiger partial charge >= 0.3 is 0 Å². The zero-order chi connectivity index (χ0) is 13.7. The van der Waals surface area contributed by atoms with E-state index < -0.39 is 0 Å². The first-order chi connectivity index (χ1) is 9.22. The van der Waals surface area contributed by atoms with Crippen LogP contribution in [0.1, 0.15) is 31.0 Å². The molecule has 106 valence electrons. The maximum absolute atomic E-state index is 6.33. The average molecular weight is 261 g/mol. The van der Waals surface area contributed by atoms with E-state index in [1.54, 1.807) is 0 Å². The molecule has 1 aliphatic rings. The third-order valence-corrected chi connectivity index (χ3v) is 4.18. The second kappa shape index (κ2) is 7.04. The number of benzene rings is 1. The fourth-order valence-corrected chi connectivity index (χ4v) is 2.67. The Morgan fingerprint density at radius 1 is 1.00 bits per heavy atom. The van der Waals surface area contributed by atoms with Crippen LogP contribution in [0.25, 0.3) is 0 Å². The van der Waals surface area contributed by atoms with Crippen molar-refractivity contribution in [3.8, 4) is 0 Å². The molecule has 2 N–H and O–H groups in total. The van der Waals surface area contributed by atoms with Crippen LogP contribution in [0.5, 0.6) is 0 Å². The lowest BCUT2D eigenvalue weighted by Gasteiger charge is -2.35. The van der Waals surface area contributed by atoms with Crippen LogP contribution in [0, 0.1) is 0 Å². The number of nitrogens with zero attached hydrogens (tertiary/aromatic N) is 2. The van der Waals surface area contributed by atoms with Gasteiger partial charge in [0, 0.05) is 38.8 Å². The molecule has 0 aromatic heterocycles. The van der Waals surface area contributed by atoms with Gasteiger partial charge in [0.25, 0.3) is 0 Å². The van der Waals surface area contributed by atoms with Crippen LogP contribution in [0.2, 0.25) is 0 Å². The second-order valence-corrected chi connectivity index (χ2v) is 5.44. The van der Waals surface area contributed by atoms with Crippen molar-refractivity contribution >= 4 is 0 Å². The minimum atomic E-state index is 0.138. The van der Waals surface area contributed by atoms with Gasteiger partial charge in [0.1, 0.15) is 0 Å². The van der Waals surface area contributed by atoms with Gasteiger partial charge in [-0.2, -0.15) is 0 Å². The normalized spacial score (nSPS) is 19.5. The van der Waals surface area contributed by atoms with Gasteiger partial charge in [-0.05, 0) is 24.1 Å². The fourth-order valence-electron chi connectivity index (χ4n) is 2.67. The first-order valence-corrected chi connectivity index (χ1v) is 7.52. The molecule has 0 radical (unpaired) electrons. The molecule has 1 unspecified atom stereocenters. The predicted molar refractivity (Wildman–Crippen MR) is 81.3 cm³/mol. The van der Waals surface area contributed by atoms with E-state index in [1.807, 2.05) is 0 Å². The van der Waals surface area contributed by atoms with E-state index in [4.69, 9.17) is 5.73 Å². The molecule has 1 saturated heterocycles. The molecule has 0 amide bonds. The van der Waals surface area contributed by atoms with Crippen LogP contribution in [0.15, 0.2) is 24.3 Å². The minimum Gasteiger partial charge on any atom is -0.323 e. The summed E-state index contributed by atoms with van der Waals surface area (Å²) < 4.78 is 0. The van der Waals surface area contributed by atoms with Gasteiger partial charge in [-0.1, -0.05) is 38.1 Å². The lowest BCUT2D eigenvalue weighted by molar-refractivity contribution is 0.132. The zero-order valence-corrected chi connectivity index (χ0v) is 12.3. The number of nitrogens with two attached hydrogens (primary N) is 1. The molecular formula is C16H27N3. The Balaban J connectivity index is 1.85. The predicted octanol–water partition coefficient (Wildman–Crippen LogP) is 1.89. The van der Waals surface area contributed by atoms with Gasteiger partial charge in [0.2, 0.25) is 0 Å². The molecule has 1 aliphatic heterocycles. The van der Waals surface area contributed by atoms with Crippen molar-refractivity contribution in [1.82, 2.24) is 9.80 Å². The van der Waals surface area contributed by atoms with E-state index in [1.165, 1.54) is 30.8 Å². The molecule has 3 heteroatoms. The molecule has 0 saturated carbocycles. The molecule has 0 aliphatic carbocycles. The summed E-state index contributed by atoms with van der Waals surface area (Å²) in [6, 6.07) is 8.91. The van der Waals surface area contributed by atoms with Gasteiger partial charge in [-0.25, -0.2) is 0 Å². The van der Waals surface area contributed by atoms with E-state index >= 15 is 0 Å². The third-order valence-electron chi connectivity index (χ3n) is 4.18. The first kappa shape index (κ1) is 14.5. The zero-order valence-electron chi connectivity index (χ0n) is 12.3. The van der Waals surface area contributed by atoms with E-state index in [0.717, 1.165) is 26.1 Å². The van der Waals surface area contributed by atoms with Gasteiger partial charge in [-0.15, -0.1) is 0 Å². The smallest absolute Gasteiger partial charge is 0.0424 e. The largest absolute Gasteiger partial charge is 0.323 e. The second-order valence-electron chi connectivity index (χ2n) is 5.44. The van der Waals surface area contributed by atoms with Crippen LogP contribution in [-0.4, -0.2) is 49.1 Å².